The first kappa shape index (κ1) is 19.9. The molecule has 0 spiro atoms. The van der Waals surface area contributed by atoms with Crippen LogP contribution in [0.3, 0.4) is 0 Å². The number of carbonyl (C=O) groups excluding carboxylic acids is 1. The summed E-state index contributed by atoms with van der Waals surface area (Å²) in [6, 6.07) is 6.47. The molecule has 2 atom stereocenters. The van der Waals surface area contributed by atoms with E-state index in [0.29, 0.717) is 25.8 Å². The van der Waals surface area contributed by atoms with Crippen LogP contribution in [0, 0.1) is 5.92 Å². The number of ether oxygens (including phenoxy) is 2. The molecule has 2 aliphatic heterocycles. The number of benzene rings is 1. The second kappa shape index (κ2) is 8.28. The Kier molecular flexibility index (Phi) is 6.58. The molecule has 1 aromatic carbocycles. The molecule has 2 aliphatic rings. The molecule has 2 heterocycles. The first-order valence-corrected chi connectivity index (χ1v) is 8.87. The summed E-state index contributed by atoms with van der Waals surface area (Å²) in [6.45, 7) is 9.14. The van der Waals surface area contributed by atoms with E-state index in [-0.39, 0.29) is 29.6 Å². The number of carbonyl (C=O) groups is 1. The van der Waals surface area contributed by atoms with Crippen LogP contribution in [0.15, 0.2) is 18.2 Å². The first-order valence-electron chi connectivity index (χ1n) is 8.87. The number of fused-ring (bicyclic) bond motifs is 1. The van der Waals surface area contributed by atoms with Gasteiger partial charge in [0.25, 0.3) is 0 Å². The molecule has 1 saturated heterocycles. The van der Waals surface area contributed by atoms with Gasteiger partial charge in [-0.3, -0.25) is 4.79 Å². The van der Waals surface area contributed by atoms with E-state index in [9.17, 15) is 4.79 Å². The monoisotopic (exact) mass is 368 g/mol. The Morgan fingerprint density at radius 1 is 1.28 bits per heavy atom. The zero-order chi connectivity index (χ0) is 17.2. The number of halogens is 1. The van der Waals surface area contributed by atoms with Crippen molar-refractivity contribution in [2.24, 2.45) is 5.92 Å². The first-order chi connectivity index (χ1) is 11.5. The lowest BCUT2D eigenvalue weighted by Gasteiger charge is -2.30. The van der Waals surface area contributed by atoms with Crippen molar-refractivity contribution in [3.63, 3.8) is 0 Å². The van der Waals surface area contributed by atoms with Crippen molar-refractivity contribution in [3.8, 4) is 11.5 Å². The van der Waals surface area contributed by atoms with E-state index >= 15 is 0 Å². The highest BCUT2D eigenvalue weighted by atomic mass is 35.5. The van der Waals surface area contributed by atoms with Crippen LogP contribution in [-0.2, 0) is 10.2 Å². The maximum atomic E-state index is 12.5. The molecule has 1 amide bonds. The molecule has 3 rings (SSSR count). The Morgan fingerprint density at radius 2 is 2.00 bits per heavy atom. The molecule has 5 nitrogen and oxygen atoms in total. The maximum Gasteiger partial charge on any atom is 0.223 e. The van der Waals surface area contributed by atoms with Gasteiger partial charge >= 0.3 is 0 Å². The summed E-state index contributed by atoms with van der Waals surface area (Å²) in [5.41, 5.74) is 0.982. The Hall–Kier alpha value is -1.46. The maximum absolute atomic E-state index is 12.5. The van der Waals surface area contributed by atoms with Crippen LogP contribution in [0.2, 0.25) is 0 Å². The molecule has 2 N–H and O–H groups in total. The number of piperidine rings is 1. The topological polar surface area (TPSA) is 59.6 Å². The zero-order valence-electron chi connectivity index (χ0n) is 15.3. The lowest BCUT2D eigenvalue weighted by Crippen LogP contribution is -2.45. The fraction of sp³-hybridized carbons (Fsp3) is 0.632. The SMILES string of the molecule is C[C@H]1C[C@@H](C(=O)NCC(C)(C)c2ccc3c(c2)OCCO3)CCN1.Cl. The third-order valence-corrected chi connectivity index (χ3v) is 5.02. The van der Waals surface area contributed by atoms with Crippen molar-refractivity contribution in [3.05, 3.63) is 23.8 Å². The fourth-order valence-corrected chi connectivity index (χ4v) is 3.39. The molecular formula is C19H29ClN2O3. The number of amides is 1. The molecule has 0 aromatic heterocycles. The number of rotatable bonds is 4. The number of hydrogen-bond donors (Lipinski definition) is 2. The van der Waals surface area contributed by atoms with Gasteiger partial charge in [0.1, 0.15) is 13.2 Å². The van der Waals surface area contributed by atoms with Crippen molar-refractivity contribution >= 4 is 18.3 Å². The highest BCUT2D eigenvalue weighted by Crippen LogP contribution is 2.35. The molecule has 140 valence electrons. The van der Waals surface area contributed by atoms with E-state index in [1.807, 2.05) is 12.1 Å². The highest BCUT2D eigenvalue weighted by Gasteiger charge is 2.28. The Labute approximate surface area is 156 Å². The minimum absolute atomic E-state index is 0. The van der Waals surface area contributed by atoms with Crippen molar-refractivity contribution < 1.29 is 14.3 Å². The van der Waals surface area contributed by atoms with Gasteiger partial charge in [0.05, 0.1) is 0 Å². The molecule has 25 heavy (non-hydrogen) atoms. The standard InChI is InChI=1S/C19H28N2O3.ClH/c1-13-10-14(6-7-20-13)18(22)21-12-19(2,3)15-4-5-16-17(11-15)24-9-8-23-16;/h4-5,11,13-14,20H,6-10,12H2,1-3H3,(H,21,22);1H/t13-,14-;/m0./s1. The van der Waals surface area contributed by atoms with Crippen molar-refractivity contribution in [1.29, 1.82) is 0 Å². The lowest BCUT2D eigenvalue weighted by molar-refractivity contribution is -0.126. The van der Waals surface area contributed by atoms with Gasteiger partial charge in [-0.25, -0.2) is 0 Å². The third kappa shape index (κ3) is 4.79. The van der Waals surface area contributed by atoms with Crippen LogP contribution in [0.4, 0.5) is 0 Å². The summed E-state index contributed by atoms with van der Waals surface area (Å²) in [4.78, 5) is 12.5. The van der Waals surface area contributed by atoms with Crippen LogP contribution < -0.4 is 20.1 Å². The van der Waals surface area contributed by atoms with Gasteiger partial charge < -0.3 is 20.1 Å². The van der Waals surface area contributed by atoms with E-state index < -0.39 is 0 Å². The van der Waals surface area contributed by atoms with Gasteiger partial charge in [-0.15, -0.1) is 12.4 Å². The highest BCUT2D eigenvalue weighted by molar-refractivity contribution is 5.85. The quantitative estimate of drug-likeness (QED) is 0.857. The van der Waals surface area contributed by atoms with E-state index in [1.165, 1.54) is 0 Å². The van der Waals surface area contributed by atoms with E-state index in [2.05, 4.69) is 37.5 Å². The predicted octanol–water partition coefficient (Wildman–Crippen LogP) is 2.66. The summed E-state index contributed by atoms with van der Waals surface area (Å²) in [5, 5.41) is 6.54. The Balaban J connectivity index is 0.00000225. The largest absolute Gasteiger partial charge is 0.486 e. The summed E-state index contributed by atoms with van der Waals surface area (Å²) in [6.07, 6.45) is 1.83. The lowest BCUT2D eigenvalue weighted by atomic mass is 9.84. The molecule has 0 aliphatic carbocycles. The zero-order valence-corrected chi connectivity index (χ0v) is 16.1. The average molecular weight is 369 g/mol. The fourth-order valence-electron chi connectivity index (χ4n) is 3.39. The number of nitrogens with one attached hydrogen (secondary N) is 2. The van der Waals surface area contributed by atoms with E-state index in [0.717, 1.165) is 36.4 Å². The number of hydrogen-bond acceptors (Lipinski definition) is 4. The van der Waals surface area contributed by atoms with E-state index in [4.69, 9.17) is 9.47 Å². The second-order valence-corrected chi connectivity index (χ2v) is 7.54. The minimum atomic E-state index is -0.163. The second-order valence-electron chi connectivity index (χ2n) is 7.54. The summed E-state index contributed by atoms with van der Waals surface area (Å²) in [5.74, 6) is 1.89. The van der Waals surface area contributed by atoms with Crippen molar-refractivity contribution in [2.45, 2.75) is 45.1 Å². The van der Waals surface area contributed by atoms with E-state index in [1.54, 1.807) is 0 Å². The average Bonchev–Trinajstić information content (AvgIpc) is 2.59. The summed E-state index contributed by atoms with van der Waals surface area (Å²) in [7, 11) is 0. The predicted molar refractivity (Wildman–Crippen MR) is 101 cm³/mol. The molecule has 0 bridgehead atoms. The normalized spacial score (nSPS) is 22.7. The van der Waals surface area contributed by atoms with Crippen molar-refractivity contribution in [1.82, 2.24) is 10.6 Å². The van der Waals surface area contributed by atoms with Gasteiger partial charge in [0.15, 0.2) is 11.5 Å². The Bertz CT molecular complexity index is 606. The van der Waals surface area contributed by atoms with Crippen LogP contribution in [0.25, 0.3) is 0 Å². The van der Waals surface area contributed by atoms with Gasteiger partial charge in [-0.1, -0.05) is 19.9 Å². The van der Waals surface area contributed by atoms with Crippen LogP contribution >= 0.6 is 12.4 Å². The van der Waals surface area contributed by atoms with Gasteiger partial charge in [-0.05, 0) is 44.0 Å². The summed E-state index contributed by atoms with van der Waals surface area (Å²) < 4.78 is 11.3. The van der Waals surface area contributed by atoms with Crippen molar-refractivity contribution in [2.75, 3.05) is 26.3 Å². The molecule has 0 unspecified atom stereocenters. The molecule has 6 heteroatoms. The Morgan fingerprint density at radius 3 is 2.72 bits per heavy atom. The van der Waals surface area contributed by atoms with Gasteiger partial charge in [0, 0.05) is 23.9 Å². The smallest absolute Gasteiger partial charge is 0.223 e. The molecule has 1 aromatic rings. The third-order valence-electron chi connectivity index (χ3n) is 5.02. The van der Waals surface area contributed by atoms with Crippen LogP contribution in [0.5, 0.6) is 11.5 Å². The molecule has 0 saturated carbocycles. The summed E-state index contributed by atoms with van der Waals surface area (Å²) >= 11 is 0. The molecular weight excluding hydrogens is 340 g/mol. The molecule has 0 radical (unpaired) electrons. The van der Waals surface area contributed by atoms with Gasteiger partial charge in [0.2, 0.25) is 5.91 Å². The van der Waals surface area contributed by atoms with Crippen LogP contribution in [-0.4, -0.2) is 38.3 Å². The van der Waals surface area contributed by atoms with Gasteiger partial charge in [-0.2, -0.15) is 0 Å². The minimum Gasteiger partial charge on any atom is -0.486 e. The molecule has 1 fully saturated rings. The van der Waals surface area contributed by atoms with Crippen LogP contribution in [0.1, 0.15) is 39.2 Å².